The van der Waals surface area contributed by atoms with Crippen molar-refractivity contribution in [3.05, 3.63) is 70.2 Å². The van der Waals surface area contributed by atoms with E-state index in [1.807, 2.05) is 35.2 Å². The number of carbonyl (C=O) groups is 3. The van der Waals surface area contributed by atoms with E-state index in [0.717, 1.165) is 37.1 Å². The van der Waals surface area contributed by atoms with Crippen molar-refractivity contribution in [3.8, 4) is 0 Å². The zero-order valence-electron chi connectivity index (χ0n) is 21.8. The van der Waals surface area contributed by atoms with Crippen LogP contribution in [-0.2, 0) is 27.4 Å². The van der Waals surface area contributed by atoms with Gasteiger partial charge in [0.15, 0.2) is 0 Å². The smallest absolute Gasteiger partial charge is 0.327 e. The van der Waals surface area contributed by atoms with Gasteiger partial charge in [-0.1, -0.05) is 35.9 Å². The van der Waals surface area contributed by atoms with Crippen LogP contribution in [0.3, 0.4) is 0 Å². The molecule has 0 N–H and O–H groups in total. The Morgan fingerprint density at radius 3 is 2.26 bits per heavy atom. The first-order valence-corrected chi connectivity index (χ1v) is 13.6. The highest BCUT2D eigenvalue weighted by atomic mass is 35.5. The third-order valence-corrected chi connectivity index (χ3v) is 8.32. The van der Waals surface area contributed by atoms with Gasteiger partial charge in [-0.15, -0.1) is 0 Å². The molecule has 0 radical (unpaired) electrons. The average Bonchev–Trinajstić information content (AvgIpc) is 3.48. The van der Waals surface area contributed by atoms with Gasteiger partial charge < -0.3 is 19.3 Å². The number of benzene rings is 2. The number of imide groups is 1. The van der Waals surface area contributed by atoms with Gasteiger partial charge in [-0.05, 0) is 61.1 Å². The first-order chi connectivity index (χ1) is 18.4. The predicted molar refractivity (Wildman–Crippen MR) is 143 cm³/mol. The number of nitrogens with zero attached hydrogens (tertiary/aromatic N) is 3. The molecule has 3 aliphatic rings. The monoisotopic (exact) mass is 539 g/mol. The summed E-state index contributed by atoms with van der Waals surface area (Å²) in [6.07, 6.45) is 2.61. The summed E-state index contributed by atoms with van der Waals surface area (Å²) in [6.45, 7) is 2.04. The van der Waals surface area contributed by atoms with Crippen molar-refractivity contribution in [2.24, 2.45) is 5.92 Å². The van der Waals surface area contributed by atoms with Gasteiger partial charge in [-0.2, -0.15) is 0 Å². The molecular weight excluding hydrogens is 506 g/mol. The SMILES string of the molecule is COC1CC2C(=O)N(Cc3ccc(C(=O)N4CCCC4)cc3)C(=O)N(Cc3cccc(Cl)c3)C2CC1OC. The Morgan fingerprint density at radius 2 is 1.61 bits per heavy atom. The number of hydrogen-bond donors (Lipinski definition) is 0. The van der Waals surface area contributed by atoms with E-state index in [4.69, 9.17) is 21.1 Å². The molecule has 3 fully saturated rings. The lowest BCUT2D eigenvalue weighted by molar-refractivity contribution is -0.152. The van der Waals surface area contributed by atoms with Gasteiger partial charge in [0.1, 0.15) is 0 Å². The van der Waals surface area contributed by atoms with E-state index in [0.29, 0.717) is 30.0 Å². The van der Waals surface area contributed by atoms with Crippen molar-refractivity contribution in [1.82, 2.24) is 14.7 Å². The number of amides is 4. The predicted octanol–water partition coefficient (Wildman–Crippen LogP) is 4.35. The highest BCUT2D eigenvalue weighted by Gasteiger charge is 2.51. The van der Waals surface area contributed by atoms with Gasteiger partial charge in [-0.25, -0.2) is 4.79 Å². The fraction of sp³-hybridized carbons (Fsp3) is 0.483. The molecule has 4 atom stereocenters. The molecule has 4 amide bonds. The summed E-state index contributed by atoms with van der Waals surface area (Å²) in [6, 6.07) is 14.0. The maximum absolute atomic E-state index is 13.8. The molecule has 9 heteroatoms. The average molecular weight is 540 g/mol. The molecule has 38 heavy (non-hydrogen) atoms. The van der Waals surface area contributed by atoms with Crippen LogP contribution in [0.4, 0.5) is 4.79 Å². The number of methoxy groups -OCH3 is 2. The third kappa shape index (κ3) is 5.30. The molecule has 5 rings (SSSR count). The van der Waals surface area contributed by atoms with Crippen molar-refractivity contribution in [2.45, 2.75) is 57.0 Å². The number of likely N-dealkylation sites (tertiary alicyclic amines) is 1. The van der Waals surface area contributed by atoms with Crippen LogP contribution in [0.25, 0.3) is 0 Å². The number of ether oxygens (including phenoxy) is 2. The lowest BCUT2D eigenvalue weighted by Crippen LogP contribution is -2.64. The molecule has 2 aromatic carbocycles. The minimum atomic E-state index is -0.403. The zero-order valence-corrected chi connectivity index (χ0v) is 22.6. The first kappa shape index (κ1) is 26.7. The van der Waals surface area contributed by atoms with E-state index in [1.54, 1.807) is 37.3 Å². The highest BCUT2D eigenvalue weighted by molar-refractivity contribution is 6.30. The van der Waals surface area contributed by atoms with Crippen molar-refractivity contribution < 1.29 is 23.9 Å². The standard InChI is InChI=1S/C29H34ClN3O5/c1-37-25-15-23-24(16-26(25)38-2)32(18-20-6-5-7-22(30)14-20)29(36)33(28(23)35)17-19-8-10-21(11-9-19)27(34)31-12-3-4-13-31/h5-11,14,23-26H,3-4,12-13,15-18H2,1-2H3. The number of rotatable bonds is 7. The number of hydrogen-bond acceptors (Lipinski definition) is 5. The summed E-state index contributed by atoms with van der Waals surface area (Å²) in [5.41, 5.74) is 2.31. The molecule has 0 aromatic heterocycles. The number of urea groups is 1. The van der Waals surface area contributed by atoms with Crippen LogP contribution in [0.1, 0.15) is 47.2 Å². The van der Waals surface area contributed by atoms with Crippen molar-refractivity contribution in [3.63, 3.8) is 0 Å². The molecule has 1 aliphatic carbocycles. The summed E-state index contributed by atoms with van der Waals surface area (Å²) in [5.74, 6) is -0.578. The summed E-state index contributed by atoms with van der Waals surface area (Å²) in [7, 11) is 3.26. The second-order valence-electron chi connectivity index (χ2n) is 10.4. The maximum Gasteiger partial charge on any atom is 0.327 e. The van der Waals surface area contributed by atoms with Crippen molar-refractivity contribution in [2.75, 3.05) is 27.3 Å². The minimum Gasteiger partial charge on any atom is -0.379 e. The number of halogens is 1. The quantitative estimate of drug-likeness (QED) is 0.523. The number of fused-ring (bicyclic) bond motifs is 1. The van der Waals surface area contributed by atoms with E-state index in [1.165, 1.54) is 4.90 Å². The van der Waals surface area contributed by atoms with Gasteiger partial charge in [0.05, 0.1) is 24.7 Å². The maximum atomic E-state index is 13.8. The van der Waals surface area contributed by atoms with Gasteiger partial charge in [0, 0.05) is 50.5 Å². The van der Waals surface area contributed by atoms with Gasteiger partial charge in [0.25, 0.3) is 5.91 Å². The molecule has 1 saturated carbocycles. The zero-order chi connectivity index (χ0) is 26.8. The first-order valence-electron chi connectivity index (χ1n) is 13.2. The Kier molecular flexibility index (Phi) is 8.02. The topological polar surface area (TPSA) is 79.4 Å². The molecule has 2 heterocycles. The normalized spacial score (nSPS) is 25.6. The number of carbonyl (C=O) groups excluding carboxylic acids is 3. The lowest BCUT2D eigenvalue weighted by Gasteiger charge is -2.50. The van der Waals surface area contributed by atoms with Gasteiger partial charge in [-0.3, -0.25) is 14.5 Å². The Morgan fingerprint density at radius 1 is 0.921 bits per heavy atom. The second-order valence-corrected chi connectivity index (χ2v) is 10.8. The highest BCUT2D eigenvalue weighted by Crippen LogP contribution is 2.38. The summed E-state index contributed by atoms with van der Waals surface area (Å²) >= 11 is 6.22. The van der Waals surface area contributed by atoms with E-state index >= 15 is 0 Å². The van der Waals surface area contributed by atoms with Crippen molar-refractivity contribution >= 4 is 29.4 Å². The Hall–Kier alpha value is -2.94. The molecule has 0 spiro atoms. The van der Waals surface area contributed by atoms with E-state index in [-0.39, 0.29) is 42.6 Å². The lowest BCUT2D eigenvalue weighted by atomic mass is 9.77. The molecule has 0 bridgehead atoms. The summed E-state index contributed by atoms with van der Waals surface area (Å²) in [5, 5.41) is 0.595. The Labute approximate surface area is 228 Å². The minimum absolute atomic E-state index is 0.0234. The van der Waals surface area contributed by atoms with Gasteiger partial charge >= 0.3 is 6.03 Å². The van der Waals surface area contributed by atoms with Crippen LogP contribution in [-0.4, -0.2) is 78.1 Å². The molecule has 2 aliphatic heterocycles. The summed E-state index contributed by atoms with van der Waals surface area (Å²) < 4.78 is 11.3. The van der Waals surface area contributed by atoms with Crippen molar-refractivity contribution in [1.29, 1.82) is 0 Å². The van der Waals surface area contributed by atoms with Crippen LogP contribution in [0.2, 0.25) is 5.02 Å². The largest absolute Gasteiger partial charge is 0.379 e. The fourth-order valence-corrected chi connectivity index (χ4v) is 6.22. The Bertz CT molecular complexity index is 1180. The van der Waals surface area contributed by atoms with E-state index in [2.05, 4.69) is 0 Å². The van der Waals surface area contributed by atoms with Crippen LogP contribution in [0, 0.1) is 5.92 Å². The molecule has 8 nitrogen and oxygen atoms in total. The Balaban J connectivity index is 1.39. The van der Waals surface area contributed by atoms with Crippen LogP contribution in [0.15, 0.2) is 48.5 Å². The van der Waals surface area contributed by atoms with E-state index < -0.39 is 5.92 Å². The molecular formula is C29H34ClN3O5. The van der Waals surface area contributed by atoms with Crippen LogP contribution >= 0.6 is 11.6 Å². The van der Waals surface area contributed by atoms with Crippen LogP contribution < -0.4 is 0 Å². The van der Waals surface area contributed by atoms with Gasteiger partial charge in [0.2, 0.25) is 5.91 Å². The molecule has 2 aromatic rings. The summed E-state index contributed by atoms with van der Waals surface area (Å²) in [4.78, 5) is 45.3. The second kappa shape index (κ2) is 11.4. The molecule has 202 valence electrons. The molecule has 4 unspecified atom stereocenters. The third-order valence-electron chi connectivity index (χ3n) is 8.08. The van der Waals surface area contributed by atoms with Crippen LogP contribution in [0.5, 0.6) is 0 Å². The fourth-order valence-electron chi connectivity index (χ4n) is 6.01. The molecule has 2 saturated heterocycles. The van der Waals surface area contributed by atoms with E-state index in [9.17, 15) is 14.4 Å².